The zero-order chi connectivity index (χ0) is 10.7. The van der Waals surface area contributed by atoms with E-state index in [9.17, 15) is 0 Å². The maximum absolute atomic E-state index is 2.34. The Labute approximate surface area is 86.1 Å². The summed E-state index contributed by atoms with van der Waals surface area (Å²) in [4.78, 5) is 0. The van der Waals surface area contributed by atoms with Crippen LogP contribution >= 0.6 is 0 Å². The molecule has 1 saturated carbocycles. The number of rotatable bonds is 2. The molecular formula is C13H30. The second-order valence-electron chi connectivity index (χ2n) is 3.85. The van der Waals surface area contributed by atoms with Crippen LogP contribution in [0.4, 0.5) is 0 Å². The van der Waals surface area contributed by atoms with Crippen LogP contribution in [-0.2, 0) is 0 Å². The van der Waals surface area contributed by atoms with Gasteiger partial charge in [0.05, 0.1) is 0 Å². The van der Waals surface area contributed by atoms with Crippen LogP contribution in [-0.4, -0.2) is 0 Å². The monoisotopic (exact) mass is 186 g/mol. The minimum absolute atomic E-state index is 1.05. The van der Waals surface area contributed by atoms with Crippen LogP contribution in [0.2, 0.25) is 0 Å². The highest BCUT2D eigenvalue weighted by Crippen LogP contribution is 2.34. The van der Waals surface area contributed by atoms with Gasteiger partial charge in [0.1, 0.15) is 0 Å². The average Bonchev–Trinajstić information content (AvgIpc) is 2.16. The van der Waals surface area contributed by atoms with Crippen LogP contribution < -0.4 is 0 Å². The van der Waals surface area contributed by atoms with Crippen molar-refractivity contribution in [3.63, 3.8) is 0 Å². The first-order chi connectivity index (χ1) is 6.24. The molecule has 1 rings (SSSR count). The first kappa shape index (κ1) is 15.5. The standard InChI is InChI=1S/C7H14.C4H10.C2H6/c1-3-7-4-6(2)5-7;1-3-4-2;1-2/h6-7H,3-5H2,1-2H3;3-4H2,1-2H3;1-2H3. The van der Waals surface area contributed by atoms with Gasteiger partial charge >= 0.3 is 0 Å². The average molecular weight is 186 g/mol. The van der Waals surface area contributed by atoms with Gasteiger partial charge in [-0.15, -0.1) is 0 Å². The van der Waals surface area contributed by atoms with Crippen LogP contribution in [0, 0.1) is 11.8 Å². The summed E-state index contributed by atoms with van der Waals surface area (Å²) in [6.45, 7) is 13.0. The van der Waals surface area contributed by atoms with E-state index in [1.54, 1.807) is 0 Å². The maximum atomic E-state index is 2.34. The van der Waals surface area contributed by atoms with Gasteiger partial charge in [0.15, 0.2) is 0 Å². The van der Waals surface area contributed by atoms with E-state index in [2.05, 4.69) is 27.7 Å². The van der Waals surface area contributed by atoms with Crippen molar-refractivity contribution in [3.05, 3.63) is 0 Å². The topological polar surface area (TPSA) is 0 Å². The molecule has 0 aliphatic heterocycles. The molecule has 0 saturated heterocycles. The Hall–Kier alpha value is 0. The normalized spacial score (nSPS) is 24.5. The SMILES string of the molecule is CC.CCC1CC(C)C1.CCCC. The highest BCUT2D eigenvalue weighted by molar-refractivity contribution is 4.74. The van der Waals surface area contributed by atoms with Gasteiger partial charge in [-0.2, -0.15) is 0 Å². The number of hydrogen-bond acceptors (Lipinski definition) is 0. The Bertz CT molecular complexity index is 68.1. The Morgan fingerprint density at radius 1 is 0.923 bits per heavy atom. The molecule has 0 bridgehead atoms. The minimum atomic E-state index is 1.05. The third kappa shape index (κ3) is 9.92. The maximum Gasteiger partial charge on any atom is -0.0412 e. The molecule has 1 aliphatic carbocycles. The van der Waals surface area contributed by atoms with Crippen LogP contribution in [0.15, 0.2) is 0 Å². The van der Waals surface area contributed by atoms with E-state index in [4.69, 9.17) is 0 Å². The molecule has 0 N–H and O–H groups in total. The van der Waals surface area contributed by atoms with E-state index < -0.39 is 0 Å². The summed E-state index contributed by atoms with van der Waals surface area (Å²) in [5, 5.41) is 0. The van der Waals surface area contributed by atoms with Crippen molar-refractivity contribution >= 4 is 0 Å². The van der Waals surface area contributed by atoms with Gasteiger partial charge in [-0.25, -0.2) is 0 Å². The third-order valence-electron chi connectivity index (χ3n) is 2.55. The third-order valence-corrected chi connectivity index (χ3v) is 2.55. The Morgan fingerprint density at radius 2 is 1.31 bits per heavy atom. The van der Waals surface area contributed by atoms with Gasteiger partial charge in [-0.1, -0.05) is 60.8 Å². The van der Waals surface area contributed by atoms with Crippen LogP contribution in [0.3, 0.4) is 0 Å². The van der Waals surface area contributed by atoms with E-state index in [-0.39, 0.29) is 0 Å². The fourth-order valence-electron chi connectivity index (χ4n) is 1.40. The summed E-state index contributed by atoms with van der Waals surface area (Å²) in [7, 11) is 0. The van der Waals surface area contributed by atoms with Gasteiger partial charge in [0, 0.05) is 0 Å². The first-order valence-corrected chi connectivity index (χ1v) is 6.24. The molecule has 0 aromatic carbocycles. The Kier molecular flexibility index (Phi) is 14.3. The van der Waals surface area contributed by atoms with E-state index in [1.807, 2.05) is 13.8 Å². The van der Waals surface area contributed by atoms with Crippen molar-refractivity contribution in [2.45, 2.75) is 73.6 Å². The summed E-state index contributed by atoms with van der Waals surface area (Å²) in [5.41, 5.74) is 0. The molecule has 0 amide bonds. The minimum Gasteiger partial charge on any atom is -0.0683 e. The quantitative estimate of drug-likeness (QED) is 0.551. The predicted octanol–water partition coefficient (Wildman–Crippen LogP) is 5.28. The molecule has 0 spiro atoms. The van der Waals surface area contributed by atoms with Crippen molar-refractivity contribution in [2.24, 2.45) is 11.8 Å². The summed E-state index contributed by atoms with van der Waals surface area (Å²) in [5.74, 6) is 2.14. The van der Waals surface area contributed by atoms with Crippen LogP contribution in [0.25, 0.3) is 0 Å². The molecule has 1 fully saturated rings. The predicted molar refractivity (Wildman–Crippen MR) is 64.1 cm³/mol. The van der Waals surface area contributed by atoms with E-state index in [1.165, 1.54) is 32.1 Å². The lowest BCUT2D eigenvalue weighted by molar-refractivity contribution is 0.206. The Morgan fingerprint density at radius 3 is 1.38 bits per heavy atom. The number of unbranched alkanes of at least 4 members (excludes halogenated alkanes) is 1. The molecule has 0 heteroatoms. The van der Waals surface area contributed by atoms with Gasteiger partial charge in [-0.05, 0) is 24.7 Å². The fourth-order valence-corrected chi connectivity index (χ4v) is 1.40. The fraction of sp³-hybridized carbons (Fsp3) is 1.00. The molecule has 0 aromatic heterocycles. The van der Waals surface area contributed by atoms with E-state index >= 15 is 0 Å². The van der Waals surface area contributed by atoms with Crippen LogP contribution in [0.1, 0.15) is 73.6 Å². The van der Waals surface area contributed by atoms with Gasteiger partial charge in [0.25, 0.3) is 0 Å². The largest absolute Gasteiger partial charge is 0.0683 e. The zero-order valence-electron chi connectivity index (χ0n) is 10.7. The molecule has 0 nitrogen and oxygen atoms in total. The van der Waals surface area contributed by atoms with Crippen molar-refractivity contribution in [3.8, 4) is 0 Å². The Balaban J connectivity index is 0. The molecular weight excluding hydrogens is 156 g/mol. The lowest BCUT2D eigenvalue weighted by Gasteiger charge is -2.31. The highest BCUT2D eigenvalue weighted by Gasteiger charge is 2.22. The smallest absolute Gasteiger partial charge is 0.0412 e. The first-order valence-electron chi connectivity index (χ1n) is 6.24. The van der Waals surface area contributed by atoms with Crippen molar-refractivity contribution in [1.82, 2.24) is 0 Å². The molecule has 0 radical (unpaired) electrons. The molecule has 13 heavy (non-hydrogen) atoms. The second kappa shape index (κ2) is 12.0. The molecule has 82 valence electrons. The van der Waals surface area contributed by atoms with Gasteiger partial charge in [-0.3, -0.25) is 0 Å². The molecule has 0 atom stereocenters. The summed E-state index contributed by atoms with van der Waals surface area (Å²) >= 11 is 0. The highest BCUT2D eigenvalue weighted by atomic mass is 14.3. The van der Waals surface area contributed by atoms with Crippen molar-refractivity contribution in [1.29, 1.82) is 0 Å². The summed E-state index contributed by atoms with van der Waals surface area (Å²) < 4.78 is 0. The van der Waals surface area contributed by atoms with E-state index in [0.717, 1.165) is 11.8 Å². The molecule has 0 heterocycles. The number of hydrogen-bond donors (Lipinski definition) is 0. The van der Waals surface area contributed by atoms with Crippen molar-refractivity contribution in [2.75, 3.05) is 0 Å². The summed E-state index contributed by atoms with van der Waals surface area (Å²) in [6.07, 6.45) is 7.04. The van der Waals surface area contributed by atoms with Gasteiger partial charge < -0.3 is 0 Å². The lowest BCUT2D eigenvalue weighted by atomic mass is 9.75. The second-order valence-corrected chi connectivity index (χ2v) is 3.85. The molecule has 0 aromatic rings. The molecule has 1 aliphatic rings. The zero-order valence-corrected chi connectivity index (χ0v) is 10.7. The van der Waals surface area contributed by atoms with Crippen molar-refractivity contribution < 1.29 is 0 Å². The van der Waals surface area contributed by atoms with E-state index in [0.29, 0.717) is 0 Å². The van der Waals surface area contributed by atoms with Crippen LogP contribution in [0.5, 0.6) is 0 Å². The van der Waals surface area contributed by atoms with Gasteiger partial charge in [0.2, 0.25) is 0 Å². The molecule has 0 unspecified atom stereocenters. The summed E-state index contributed by atoms with van der Waals surface area (Å²) in [6, 6.07) is 0. The lowest BCUT2D eigenvalue weighted by Crippen LogP contribution is -2.19.